The molecule has 0 N–H and O–H groups in total. The number of benzene rings is 5. The number of nitrogens with zero attached hydrogens (tertiary/aromatic N) is 2. The third-order valence-electron chi connectivity index (χ3n) is 8.88. The van der Waals surface area contributed by atoms with Crippen molar-refractivity contribution in [1.82, 2.24) is 4.90 Å². The van der Waals surface area contributed by atoms with Crippen molar-refractivity contribution in [2.24, 2.45) is 0 Å². The van der Waals surface area contributed by atoms with Crippen LogP contribution in [0.15, 0.2) is 121 Å². The molecule has 0 aromatic heterocycles. The van der Waals surface area contributed by atoms with Crippen LogP contribution in [-0.4, -0.2) is 30.1 Å². The van der Waals surface area contributed by atoms with Gasteiger partial charge in [-0.25, -0.2) is 0 Å². The van der Waals surface area contributed by atoms with Crippen LogP contribution in [0.25, 0.3) is 0 Å². The van der Waals surface area contributed by atoms with Crippen LogP contribution in [0.4, 0.5) is 5.69 Å². The van der Waals surface area contributed by atoms with E-state index in [-0.39, 0.29) is 25.2 Å². The fourth-order valence-electron chi connectivity index (χ4n) is 6.70. The average Bonchev–Trinajstić information content (AvgIpc) is 3.76. The number of hydrogen-bond acceptors (Lipinski definition) is 5. The lowest BCUT2D eigenvalue weighted by Crippen LogP contribution is -2.42. The van der Waals surface area contributed by atoms with E-state index in [9.17, 15) is 9.59 Å². The van der Waals surface area contributed by atoms with E-state index in [4.69, 9.17) is 14.2 Å². The Morgan fingerprint density at radius 2 is 1.31 bits per heavy atom. The van der Waals surface area contributed by atoms with Crippen LogP contribution < -0.4 is 19.1 Å². The number of amides is 2. The molecule has 7 heteroatoms. The number of rotatable bonds is 7. The van der Waals surface area contributed by atoms with E-state index < -0.39 is 5.41 Å². The molecule has 3 aliphatic heterocycles. The van der Waals surface area contributed by atoms with Crippen LogP contribution >= 0.6 is 0 Å². The maximum absolute atomic E-state index is 14.5. The van der Waals surface area contributed by atoms with E-state index in [0.717, 1.165) is 33.5 Å². The topological polar surface area (TPSA) is 68.3 Å². The van der Waals surface area contributed by atoms with Crippen LogP contribution in [0.5, 0.6) is 17.2 Å². The van der Waals surface area contributed by atoms with Gasteiger partial charge in [-0.3, -0.25) is 9.59 Å². The van der Waals surface area contributed by atoms with Gasteiger partial charge in [0.2, 0.25) is 12.7 Å². The highest BCUT2D eigenvalue weighted by molar-refractivity contribution is 6.11. The maximum atomic E-state index is 14.5. The molecule has 1 spiro atoms. The monoisotopic (exact) mass is 594 g/mol. The highest BCUT2D eigenvalue weighted by atomic mass is 16.7. The van der Waals surface area contributed by atoms with E-state index in [0.29, 0.717) is 42.4 Å². The zero-order valence-electron chi connectivity index (χ0n) is 24.5. The Kier molecular flexibility index (Phi) is 6.52. The lowest BCUT2D eigenvalue weighted by Gasteiger charge is -2.25. The molecule has 0 aliphatic carbocycles. The summed E-state index contributed by atoms with van der Waals surface area (Å²) in [6, 6.07) is 39.2. The molecule has 1 unspecified atom stereocenters. The lowest BCUT2D eigenvalue weighted by molar-refractivity contribution is -0.122. The van der Waals surface area contributed by atoms with Crippen molar-refractivity contribution < 1.29 is 23.8 Å². The summed E-state index contributed by atoms with van der Waals surface area (Å²) in [7, 11) is 0. The molecule has 3 heterocycles. The third-order valence-corrected chi connectivity index (χ3v) is 8.88. The predicted molar refractivity (Wildman–Crippen MR) is 169 cm³/mol. The fourth-order valence-corrected chi connectivity index (χ4v) is 6.70. The number of para-hydroxylation sites is 1. The van der Waals surface area contributed by atoms with E-state index in [1.165, 1.54) is 0 Å². The van der Waals surface area contributed by atoms with Crippen molar-refractivity contribution in [3.05, 3.63) is 155 Å². The summed E-state index contributed by atoms with van der Waals surface area (Å²) >= 11 is 0. The van der Waals surface area contributed by atoms with E-state index in [2.05, 4.69) is 0 Å². The van der Waals surface area contributed by atoms with Gasteiger partial charge in [-0.15, -0.1) is 0 Å². The molecule has 222 valence electrons. The quantitative estimate of drug-likeness (QED) is 0.216. The van der Waals surface area contributed by atoms with Gasteiger partial charge in [0.25, 0.3) is 5.91 Å². The molecule has 3 aliphatic rings. The Balaban J connectivity index is 1.10. The summed E-state index contributed by atoms with van der Waals surface area (Å²) in [5.41, 5.74) is 5.10. The van der Waals surface area contributed by atoms with Crippen molar-refractivity contribution in [3.63, 3.8) is 0 Å². The molecule has 5 aromatic rings. The van der Waals surface area contributed by atoms with Crippen LogP contribution in [0.1, 0.15) is 38.2 Å². The van der Waals surface area contributed by atoms with Crippen LogP contribution in [0.3, 0.4) is 0 Å². The molecule has 0 fully saturated rings. The predicted octanol–water partition coefficient (Wildman–Crippen LogP) is 6.48. The molecule has 0 saturated heterocycles. The summed E-state index contributed by atoms with van der Waals surface area (Å²) < 4.78 is 17.3. The minimum atomic E-state index is -0.984. The second-order valence-electron chi connectivity index (χ2n) is 11.6. The standard InChI is InChI=1S/C38H30N2O5/c41-36(39(21-26-10-3-1-4-11-26)22-27-12-5-2-6-13-27)29-15-9-14-28(18-29)23-40-32-17-8-7-16-30(32)38(37(40)42)24-43-33-20-35-34(19-31(33)38)44-25-45-35/h1-20H,21-25H2. The molecule has 0 saturated carbocycles. The lowest BCUT2D eigenvalue weighted by atomic mass is 9.77. The van der Waals surface area contributed by atoms with Crippen LogP contribution in [0.2, 0.25) is 0 Å². The Morgan fingerprint density at radius 1 is 0.667 bits per heavy atom. The van der Waals surface area contributed by atoms with E-state index >= 15 is 0 Å². The first-order chi connectivity index (χ1) is 22.1. The van der Waals surface area contributed by atoms with Crippen molar-refractivity contribution >= 4 is 17.5 Å². The summed E-state index contributed by atoms with van der Waals surface area (Å²) in [5, 5.41) is 0. The van der Waals surface area contributed by atoms with Crippen LogP contribution in [-0.2, 0) is 29.8 Å². The molecule has 45 heavy (non-hydrogen) atoms. The number of hydrogen-bond donors (Lipinski definition) is 0. The Hall–Kier alpha value is -5.56. The molecular weight excluding hydrogens is 564 g/mol. The Labute approximate surface area is 261 Å². The van der Waals surface area contributed by atoms with E-state index in [1.54, 1.807) is 0 Å². The number of fused-ring (bicyclic) bond motifs is 5. The number of anilines is 1. The summed E-state index contributed by atoms with van der Waals surface area (Å²) in [6.45, 7) is 1.62. The molecule has 0 bridgehead atoms. The van der Waals surface area contributed by atoms with Gasteiger partial charge in [0.15, 0.2) is 11.5 Å². The first-order valence-electron chi connectivity index (χ1n) is 15.0. The SMILES string of the molecule is O=C(c1cccc(CN2C(=O)C3(COc4cc5c(cc43)OCO5)c3ccccc32)c1)N(Cc1ccccc1)Cc1ccccc1. The number of carbonyl (C=O) groups is 2. The summed E-state index contributed by atoms with van der Waals surface area (Å²) in [5.74, 6) is 1.74. The third kappa shape index (κ3) is 4.59. The molecule has 7 nitrogen and oxygen atoms in total. The summed E-state index contributed by atoms with van der Waals surface area (Å²) in [4.78, 5) is 32.2. The molecule has 0 radical (unpaired) electrons. The minimum absolute atomic E-state index is 0.0622. The van der Waals surface area contributed by atoms with Gasteiger partial charge in [0.1, 0.15) is 17.8 Å². The molecule has 8 rings (SSSR count). The maximum Gasteiger partial charge on any atom is 0.254 e. The average molecular weight is 595 g/mol. The molecular formula is C38H30N2O5. The van der Waals surface area contributed by atoms with Gasteiger partial charge in [-0.1, -0.05) is 91.0 Å². The normalized spacial score (nSPS) is 17.2. The highest BCUT2D eigenvalue weighted by Gasteiger charge is 2.57. The number of ether oxygens (including phenoxy) is 3. The van der Waals surface area contributed by atoms with Gasteiger partial charge in [0, 0.05) is 36.0 Å². The van der Waals surface area contributed by atoms with Gasteiger partial charge < -0.3 is 24.0 Å². The van der Waals surface area contributed by atoms with Crippen LogP contribution in [0, 0.1) is 0 Å². The Morgan fingerprint density at radius 3 is 2.04 bits per heavy atom. The molecule has 2 amide bonds. The fraction of sp³-hybridized carbons (Fsp3) is 0.158. The summed E-state index contributed by atoms with van der Waals surface area (Å²) in [6.07, 6.45) is 0. The second kappa shape index (κ2) is 10.9. The van der Waals surface area contributed by atoms with Gasteiger partial charge in [-0.2, -0.15) is 0 Å². The molecule has 5 aromatic carbocycles. The second-order valence-corrected chi connectivity index (χ2v) is 11.6. The highest BCUT2D eigenvalue weighted by Crippen LogP contribution is 2.55. The van der Waals surface area contributed by atoms with E-state index in [1.807, 2.05) is 131 Å². The zero-order valence-corrected chi connectivity index (χ0v) is 24.5. The van der Waals surface area contributed by atoms with Gasteiger partial charge in [0.05, 0.1) is 6.54 Å². The number of carbonyl (C=O) groups excluding carboxylic acids is 2. The first-order valence-corrected chi connectivity index (χ1v) is 15.0. The van der Waals surface area contributed by atoms with Crippen molar-refractivity contribution in [1.29, 1.82) is 0 Å². The van der Waals surface area contributed by atoms with Gasteiger partial charge in [-0.05, 0) is 46.5 Å². The minimum Gasteiger partial charge on any atom is -0.491 e. The zero-order chi connectivity index (χ0) is 30.4. The van der Waals surface area contributed by atoms with Gasteiger partial charge >= 0.3 is 0 Å². The largest absolute Gasteiger partial charge is 0.491 e. The molecule has 1 atom stereocenters. The van der Waals surface area contributed by atoms with Crippen molar-refractivity contribution in [2.45, 2.75) is 25.0 Å². The first kappa shape index (κ1) is 27.0. The van der Waals surface area contributed by atoms with Crippen molar-refractivity contribution in [2.75, 3.05) is 18.3 Å². The smallest absolute Gasteiger partial charge is 0.254 e. The van der Waals surface area contributed by atoms with Crippen molar-refractivity contribution in [3.8, 4) is 17.2 Å². The Bertz CT molecular complexity index is 1880.